The average molecular weight is 487 g/mol. The molecule has 0 saturated heterocycles. The molecule has 3 aromatic rings. The van der Waals surface area contributed by atoms with E-state index in [1.165, 1.54) is 0 Å². The molecule has 1 aromatic heterocycles. The second kappa shape index (κ2) is 10.1. The van der Waals surface area contributed by atoms with E-state index in [0.29, 0.717) is 30.0 Å². The van der Waals surface area contributed by atoms with Gasteiger partial charge in [0.05, 0.1) is 29.4 Å². The Labute approximate surface area is 187 Å². The second-order valence-electron chi connectivity index (χ2n) is 6.26. The van der Waals surface area contributed by atoms with Gasteiger partial charge >= 0.3 is 5.97 Å². The highest BCUT2D eigenvalue weighted by atomic mass is 79.9. The molecule has 7 nitrogen and oxygen atoms in total. The molecular formula is C21H19BrN4O3S. The molecule has 1 heterocycles. The van der Waals surface area contributed by atoms with Crippen molar-refractivity contribution < 1.29 is 14.3 Å². The van der Waals surface area contributed by atoms with Crippen molar-refractivity contribution in [1.29, 1.82) is 0 Å². The molecule has 0 aliphatic heterocycles. The van der Waals surface area contributed by atoms with Gasteiger partial charge in [0, 0.05) is 17.4 Å². The molecule has 9 heteroatoms. The van der Waals surface area contributed by atoms with Gasteiger partial charge in [-0.15, -0.1) is 0 Å². The summed E-state index contributed by atoms with van der Waals surface area (Å²) in [4.78, 5) is 24.1. The number of aromatic nitrogens is 2. The number of ether oxygens (including phenoxy) is 1. The molecule has 0 aliphatic carbocycles. The summed E-state index contributed by atoms with van der Waals surface area (Å²) in [7, 11) is 0. The Morgan fingerprint density at radius 3 is 2.37 bits per heavy atom. The van der Waals surface area contributed by atoms with E-state index < -0.39 is 0 Å². The fraction of sp³-hybridized carbons (Fsp3) is 0.143. The monoisotopic (exact) mass is 486 g/mol. The maximum atomic E-state index is 12.4. The van der Waals surface area contributed by atoms with Crippen LogP contribution in [-0.2, 0) is 11.3 Å². The van der Waals surface area contributed by atoms with Crippen molar-refractivity contribution in [2.24, 2.45) is 0 Å². The number of thiocarbonyl (C=S) groups is 1. The molecule has 0 atom stereocenters. The molecule has 2 N–H and O–H groups in total. The van der Waals surface area contributed by atoms with Gasteiger partial charge in [-0.25, -0.2) is 4.79 Å². The van der Waals surface area contributed by atoms with Gasteiger partial charge < -0.3 is 10.1 Å². The van der Waals surface area contributed by atoms with Gasteiger partial charge in [-0.1, -0.05) is 12.1 Å². The number of rotatable bonds is 6. The second-order valence-corrected chi connectivity index (χ2v) is 7.58. The minimum Gasteiger partial charge on any atom is -0.462 e. The summed E-state index contributed by atoms with van der Waals surface area (Å²) >= 11 is 8.57. The molecule has 0 unspecified atom stereocenters. The Morgan fingerprint density at radius 1 is 1.10 bits per heavy atom. The molecule has 154 valence electrons. The van der Waals surface area contributed by atoms with Crippen molar-refractivity contribution in [1.82, 2.24) is 15.1 Å². The van der Waals surface area contributed by atoms with Crippen molar-refractivity contribution >= 4 is 50.8 Å². The van der Waals surface area contributed by atoms with Gasteiger partial charge in [0.1, 0.15) is 0 Å². The fourth-order valence-corrected chi connectivity index (χ4v) is 3.15. The highest BCUT2D eigenvalue weighted by Gasteiger charge is 2.10. The lowest BCUT2D eigenvalue weighted by Crippen LogP contribution is -2.34. The summed E-state index contributed by atoms with van der Waals surface area (Å²) in [5.41, 5.74) is 2.60. The van der Waals surface area contributed by atoms with Gasteiger partial charge in [0.2, 0.25) is 0 Å². The van der Waals surface area contributed by atoms with E-state index in [0.717, 1.165) is 10.0 Å². The van der Waals surface area contributed by atoms with Crippen LogP contribution in [0.3, 0.4) is 0 Å². The average Bonchev–Trinajstić information content (AvgIpc) is 3.13. The highest BCUT2D eigenvalue weighted by Crippen LogP contribution is 2.12. The maximum absolute atomic E-state index is 12.4. The van der Waals surface area contributed by atoms with E-state index in [1.54, 1.807) is 54.2 Å². The molecule has 3 rings (SSSR count). The molecule has 0 radical (unpaired) electrons. The summed E-state index contributed by atoms with van der Waals surface area (Å²) in [6, 6.07) is 13.8. The molecular weight excluding hydrogens is 468 g/mol. The Hall–Kier alpha value is -3.04. The number of esters is 1. The van der Waals surface area contributed by atoms with Crippen LogP contribution in [-0.4, -0.2) is 33.4 Å². The number of carbonyl (C=O) groups is 2. The summed E-state index contributed by atoms with van der Waals surface area (Å²) in [6.07, 6.45) is 3.60. The topological polar surface area (TPSA) is 85.3 Å². The fourth-order valence-electron chi connectivity index (χ4n) is 2.62. The number of hydrogen-bond acceptors (Lipinski definition) is 5. The maximum Gasteiger partial charge on any atom is 0.338 e. The lowest BCUT2D eigenvalue weighted by molar-refractivity contribution is 0.0526. The van der Waals surface area contributed by atoms with E-state index in [4.69, 9.17) is 17.0 Å². The molecule has 30 heavy (non-hydrogen) atoms. The number of carbonyl (C=O) groups excluding carboxylic acids is 2. The summed E-state index contributed by atoms with van der Waals surface area (Å²) in [5, 5.41) is 9.93. The van der Waals surface area contributed by atoms with Crippen molar-refractivity contribution in [3.63, 3.8) is 0 Å². The first-order valence-corrected chi connectivity index (χ1v) is 10.3. The number of halogens is 1. The van der Waals surface area contributed by atoms with Crippen LogP contribution in [0.1, 0.15) is 33.2 Å². The zero-order valence-corrected chi connectivity index (χ0v) is 18.5. The van der Waals surface area contributed by atoms with Crippen LogP contribution < -0.4 is 10.6 Å². The van der Waals surface area contributed by atoms with Gasteiger partial charge in [0.25, 0.3) is 5.91 Å². The van der Waals surface area contributed by atoms with Crippen LogP contribution >= 0.6 is 28.1 Å². The number of amides is 1. The predicted molar refractivity (Wildman–Crippen MR) is 122 cm³/mol. The molecule has 2 aromatic carbocycles. The van der Waals surface area contributed by atoms with Crippen molar-refractivity contribution in [2.75, 3.05) is 11.9 Å². The SMILES string of the molecule is CCOC(=O)c1ccc(NC(=S)NC(=O)c2ccc(Cn3cc(Br)cn3)cc2)cc1. The van der Waals surface area contributed by atoms with Crippen molar-refractivity contribution in [2.45, 2.75) is 13.5 Å². The van der Waals surface area contributed by atoms with E-state index in [9.17, 15) is 9.59 Å². The summed E-state index contributed by atoms with van der Waals surface area (Å²) < 4.78 is 7.65. The third-order valence-corrected chi connectivity index (χ3v) is 4.66. The first kappa shape index (κ1) is 21.7. The number of benzene rings is 2. The normalized spacial score (nSPS) is 10.3. The lowest BCUT2D eigenvalue weighted by atomic mass is 10.1. The van der Waals surface area contributed by atoms with Crippen LogP contribution in [0.25, 0.3) is 0 Å². The van der Waals surface area contributed by atoms with Crippen molar-refractivity contribution in [3.05, 3.63) is 82.1 Å². The van der Waals surface area contributed by atoms with Crippen LogP contribution in [0.4, 0.5) is 5.69 Å². The number of anilines is 1. The largest absolute Gasteiger partial charge is 0.462 e. The standard InChI is InChI=1S/C21H19BrN4O3S/c1-2-29-20(28)16-7-9-18(10-8-16)24-21(30)25-19(27)15-5-3-14(4-6-15)12-26-13-17(22)11-23-26/h3-11,13H,2,12H2,1H3,(H2,24,25,27,30). The van der Waals surface area contributed by atoms with Gasteiger partial charge in [-0.2, -0.15) is 5.10 Å². The molecule has 1 amide bonds. The minimum atomic E-state index is -0.386. The number of nitrogens with one attached hydrogen (secondary N) is 2. The Kier molecular flexibility index (Phi) is 7.31. The Morgan fingerprint density at radius 2 is 1.77 bits per heavy atom. The van der Waals surface area contributed by atoms with Crippen LogP contribution in [0, 0.1) is 0 Å². The van der Waals surface area contributed by atoms with Crippen LogP contribution in [0.5, 0.6) is 0 Å². The van der Waals surface area contributed by atoms with Crippen molar-refractivity contribution in [3.8, 4) is 0 Å². The third kappa shape index (κ3) is 5.98. The van der Waals surface area contributed by atoms with Gasteiger partial charge in [0.15, 0.2) is 5.11 Å². The number of nitrogens with zero attached hydrogens (tertiary/aromatic N) is 2. The van der Waals surface area contributed by atoms with Crippen LogP contribution in [0.2, 0.25) is 0 Å². The van der Waals surface area contributed by atoms with Gasteiger partial charge in [-0.05, 0) is 77.0 Å². The molecule has 0 aliphatic rings. The predicted octanol–water partition coefficient (Wildman–Crippen LogP) is 4.00. The van der Waals surface area contributed by atoms with E-state index in [1.807, 2.05) is 18.3 Å². The van der Waals surface area contributed by atoms with E-state index >= 15 is 0 Å². The highest BCUT2D eigenvalue weighted by molar-refractivity contribution is 9.10. The molecule has 0 spiro atoms. The van der Waals surface area contributed by atoms with Crippen LogP contribution in [0.15, 0.2) is 65.4 Å². The molecule has 0 saturated carbocycles. The first-order valence-electron chi connectivity index (χ1n) is 9.11. The zero-order chi connectivity index (χ0) is 21.5. The van der Waals surface area contributed by atoms with E-state index in [2.05, 4.69) is 31.7 Å². The van der Waals surface area contributed by atoms with E-state index in [-0.39, 0.29) is 17.0 Å². The molecule has 0 fully saturated rings. The third-order valence-electron chi connectivity index (χ3n) is 4.04. The number of hydrogen-bond donors (Lipinski definition) is 2. The Balaban J connectivity index is 1.53. The zero-order valence-electron chi connectivity index (χ0n) is 16.1. The minimum absolute atomic E-state index is 0.161. The summed E-state index contributed by atoms with van der Waals surface area (Å²) in [5.74, 6) is -0.701. The lowest BCUT2D eigenvalue weighted by Gasteiger charge is -2.10. The quantitative estimate of drug-likeness (QED) is 0.404. The Bertz CT molecular complexity index is 1050. The first-order chi connectivity index (χ1) is 14.4. The molecule has 0 bridgehead atoms. The smallest absolute Gasteiger partial charge is 0.338 e. The van der Waals surface area contributed by atoms with Gasteiger partial charge in [-0.3, -0.25) is 14.8 Å². The summed E-state index contributed by atoms with van der Waals surface area (Å²) in [6.45, 7) is 2.67.